The first kappa shape index (κ1) is 12.6. The van der Waals surface area contributed by atoms with Crippen molar-refractivity contribution >= 4 is 6.20 Å². The van der Waals surface area contributed by atoms with Crippen molar-refractivity contribution in [1.29, 1.82) is 0 Å². The van der Waals surface area contributed by atoms with E-state index in [2.05, 4.69) is 59.3 Å². The number of hydrogen-bond donors (Lipinski definition) is 2. The van der Waals surface area contributed by atoms with E-state index < -0.39 is 0 Å². The van der Waals surface area contributed by atoms with Gasteiger partial charge in [-0.25, -0.2) is 0 Å². The van der Waals surface area contributed by atoms with Gasteiger partial charge in [-0.15, -0.1) is 0 Å². The zero-order valence-corrected chi connectivity index (χ0v) is 12.0. The molecule has 0 saturated carbocycles. The number of benzene rings is 2. The Morgan fingerprint density at radius 1 is 1.05 bits per heavy atom. The molecule has 0 aliphatic carbocycles. The predicted octanol–water partition coefficient (Wildman–Crippen LogP) is 1.35. The number of rotatable bonds is 2. The third kappa shape index (κ3) is 2.34. The lowest BCUT2D eigenvalue weighted by Gasteiger charge is -2.15. The minimum absolute atomic E-state index is 0.581. The topological polar surface area (TPSA) is 36.4 Å². The predicted molar refractivity (Wildman–Crippen MR) is 85.4 cm³/mol. The van der Waals surface area contributed by atoms with E-state index in [4.69, 9.17) is 4.99 Å². The lowest BCUT2D eigenvalue weighted by Crippen LogP contribution is -2.37. The Hall–Kier alpha value is -2.13. The van der Waals surface area contributed by atoms with E-state index in [1.807, 2.05) is 0 Å². The van der Waals surface area contributed by atoms with Crippen molar-refractivity contribution < 1.29 is 0 Å². The Balaban J connectivity index is 1.93. The zero-order valence-electron chi connectivity index (χ0n) is 12.0. The molecule has 1 unspecified atom stereocenters. The van der Waals surface area contributed by atoms with Gasteiger partial charge in [0.1, 0.15) is 6.67 Å². The molecule has 2 aliphatic rings. The summed E-state index contributed by atoms with van der Waals surface area (Å²) < 4.78 is 0. The first-order chi connectivity index (χ1) is 10.4. The van der Waals surface area contributed by atoms with E-state index in [9.17, 15) is 0 Å². The third-order valence-electron chi connectivity index (χ3n) is 4.36. The van der Waals surface area contributed by atoms with Crippen molar-refractivity contribution in [2.75, 3.05) is 19.8 Å². The second-order valence-electron chi connectivity index (χ2n) is 5.72. The molecule has 1 fully saturated rings. The number of hydrogen-bond acceptors (Lipinski definition) is 3. The molecule has 2 heterocycles. The van der Waals surface area contributed by atoms with E-state index in [1.165, 1.54) is 33.7 Å². The number of nitrogens with one attached hydrogen (secondary N) is 2. The van der Waals surface area contributed by atoms with Gasteiger partial charge in [0.2, 0.25) is 0 Å². The van der Waals surface area contributed by atoms with Gasteiger partial charge in [0.15, 0.2) is 0 Å². The van der Waals surface area contributed by atoms with Gasteiger partial charge in [-0.3, -0.25) is 4.99 Å². The summed E-state index contributed by atoms with van der Waals surface area (Å²) in [6, 6.07) is 15.2. The normalized spacial score (nSPS) is 20.1. The van der Waals surface area contributed by atoms with Crippen LogP contribution in [0.15, 0.2) is 47.5 Å². The molecule has 0 spiro atoms. The molecule has 21 heavy (non-hydrogen) atoms. The van der Waals surface area contributed by atoms with Gasteiger partial charge in [-0.1, -0.05) is 30.3 Å². The first-order valence-electron chi connectivity index (χ1n) is 7.60. The summed E-state index contributed by atoms with van der Waals surface area (Å²) in [4.78, 5) is 4.70. The fourth-order valence-corrected chi connectivity index (χ4v) is 3.28. The van der Waals surface area contributed by atoms with Crippen molar-refractivity contribution in [3.8, 4) is 11.1 Å². The van der Waals surface area contributed by atoms with Gasteiger partial charge in [0.25, 0.3) is 0 Å². The average molecular weight is 277 g/mol. The molecular formula is C18H19N3. The van der Waals surface area contributed by atoms with Gasteiger partial charge in [0.05, 0.1) is 5.36 Å². The highest BCUT2D eigenvalue weighted by Gasteiger charge is 2.20. The largest absolute Gasteiger partial charge is 0.372 e. The summed E-state index contributed by atoms with van der Waals surface area (Å²) in [6.07, 6.45) is 3.30. The minimum atomic E-state index is 0.581. The molecule has 0 aromatic heterocycles. The highest BCUT2D eigenvalue weighted by Crippen LogP contribution is 2.24. The van der Waals surface area contributed by atoms with Crippen LogP contribution >= 0.6 is 0 Å². The molecule has 4 rings (SSSR count). The van der Waals surface area contributed by atoms with Crippen LogP contribution in [0, 0.1) is 0 Å². The fraction of sp³-hybridized carbons (Fsp3) is 0.278. The molecular weight excluding hydrogens is 258 g/mol. The lowest BCUT2D eigenvalue weighted by molar-refractivity contribution is 0.741. The van der Waals surface area contributed by atoms with Crippen LogP contribution in [-0.4, -0.2) is 19.8 Å². The van der Waals surface area contributed by atoms with Crippen LogP contribution in [0.4, 0.5) is 0 Å². The third-order valence-corrected chi connectivity index (χ3v) is 4.36. The molecule has 2 aromatic carbocycles. The lowest BCUT2D eigenvalue weighted by atomic mass is 9.92. The highest BCUT2D eigenvalue weighted by atomic mass is 15.0. The molecule has 0 amide bonds. The van der Waals surface area contributed by atoms with Crippen molar-refractivity contribution in [2.24, 2.45) is 4.99 Å². The Kier molecular flexibility index (Phi) is 3.20. The van der Waals surface area contributed by atoms with E-state index in [1.54, 1.807) is 0 Å². The summed E-state index contributed by atoms with van der Waals surface area (Å²) >= 11 is 0. The standard InChI is InChI=1S/C18H19N3/c1-2-4-13(5-3-1)15-8-16-11-20-12-21-18(16)17(9-15)14-6-7-19-10-14/h1-5,8-9,11,14,19-20H,6-7,10,12H2. The van der Waals surface area contributed by atoms with Gasteiger partial charge in [0, 0.05) is 18.0 Å². The fourth-order valence-electron chi connectivity index (χ4n) is 3.28. The molecule has 3 nitrogen and oxygen atoms in total. The molecule has 2 aliphatic heterocycles. The summed E-state index contributed by atoms with van der Waals surface area (Å²) in [5, 5.41) is 9.09. The molecule has 106 valence electrons. The molecule has 0 radical (unpaired) electrons. The van der Waals surface area contributed by atoms with Crippen LogP contribution in [0.3, 0.4) is 0 Å². The van der Waals surface area contributed by atoms with Gasteiger partial charge in [-0.05, 0) is 47.7 Å². The van der Waals surface area contributed by atoms with Crippen molar-refractivity contribution in [2.45, 2.75) is 12.3 Å². The second-order valence-corrected chi connectivity index (χ2v) is 5.72. The first-order valence-corrected chi connectivity index (χ1v) is 7.60. The van der Waals surface area contributed by atoms with E-state index in [0.29, 0.717) is 12.6 Å². The van der Waals surface area contributed by atoms with Gasteiger partial charge < -0.3 is 10.6 Å². The van der Waals surface area contributed by atoms with Crippen LogP contribution in [0.25, 0.3) is 17.3 Å². The van der Waals surface area contributed by atoms with Crippen LogP contribution in [0.5, 0.6) is 0 Å². The molecule has 1 atom stereocenters. The van der Waals surface area contributed by atoms with Crippen LogP contribution in [0.1, 0.15) is 17.9 Å². The summed E-state index contributed by atoms with van der Waals surface area (Å²) in [6.45, 7) is 2.86. The summed E-state index contributed by atoms with van der Waals surface area (Å²) in [5.41, 5.74) is 3.95. The maximum absolute atomic E-state index is 4.70. The van der Waals surface area contributed by atoms with E-state index in [0.717, 1.165) is 13.1 Å². The summed E-state index contributed by atoms with van der Waals surface area (Å²) in [7, 11) is 0. The number of nitrogens with zero attached hydrogens (tertiary/aromatic N) is 1. The second kappa shape index (κ2) is 5.34. The summed E-state index contributed by atoms with van der Waals surface area (Å²) in [5.74, 6) is 0.581. The highest BCUT2D eigenvalue weighted by molar-refractivity contribution is 5.64. The molecule has 1 saturated heterocycles. The van der Waals surface area contributed by atoms with Crippen LogP contribution < -0.4 is 21.2 Å². The van der Waals surface area contributed by atoms with Crippen LogP contribution in [-0.2, 0) is 0 Å². The Morgan fingerprint density at radius 2 is 1.95 bits per heavy atom. The monoisotopic (exact) mass is 277 g/mol. The van der Waals surface area contributed by atoms with Crippen molar-refractivity contribution in [3.05, 3.63) is 58.6 Å². The van der Waals surface area contributed by atoms with E-state index in [-0.39, 0.29) is 0 Å². The minimum Gasteiger partial charge on any atom is -0.372 e. The molecule has 2 aromatic rings. The van der Waals surface area contributed by atoms with Crippen LogP contribution in [0.2, 0.25) is 0 Å². The maximum Gasteiger partial charge on any atom is 0.108 e. The van der Waals surface area contributed by atoms with E-state index >= 15 is 0 Å². The van der Waals surface area contributed by atoms with Crippen molar-refractivity contribution in [3.63, 3.8) is 0 Å². The van der Waals surface area contributed by atoms with Gasteiger partial charge >= 0.3 is 0 Å². The zero-order chi connectivity index (χ0) is 14.1. The molecule has 2 N–H and O–H groups in total. The molecule has 3 heteroatoms. The SMILES string of the molecule is C1=c2cc(-c3ccccc3)cc(C3CCNC3)c2=NCN1. The van der Waals surface area contributed by atoms with Gasteiger partial charge in [-0.2, -0.15) is 0 Å². The van der Waals surface area contributed by atoms with Crippen molar-refractivity contribution in [1.82, 2.24) is 10.6 Å². The Morgan fingerprint density at radius 3 is 2.76 bits per heavy atom. The smallest absolute Gasteiger partial charge is 0.108 e. The quantitative estimate of drug-likeness (QED) is 0.869. The Bertz CT molecular complexity index is 759. The maximum atomic E-state index is 4.70. The average Bonchev–Trinajstić information content (AvgIpc) is 3.09. The molecule has 0 bridgehead atoms. The Labute approximate surface area is 124 Å². The number of fused-ring (bicyclic) bond motifs is 1.